The smallest absolute Gasteiger partial charge is 0.223 e. The molecule has 0 radical (unpaired) electrons. The number of rotatable bonds is 6. The maximum Gasteiger partial charge on any atom is 0.223 e. The van der Waals surface area contributed by atoms with E-state index in [4.69, 9.17) is 0 Å². The summed E-state index contributed by atoms with van der Waals surface area (Å²) in [7, 11) is 0. The van der Waals surface area contributed by atoms with Crippen LogP contribution < -0.4 is 5.32 Å². The number of carbonyl (C=O) groups is 2. The van der Waals surface area contributed by atoms with Crippen LogP contribution in [0.4, 0.5) is 0 Å². The molecule has 1 aromatic heterocycles. The number of aryl methyl sites for hydroxylation is 1. The van der Waals surface area contributed by atoms with Gasteiger partial charge in [0.1, 0.15) is 0 Å². The number of hydrogen-bond acceptors (Lipinski definition) is 3. The van der Waals surface area contributed by atoms with Gasteiger partial charge >= 0.3 is 0 Å². The molecule has 0 saturated carbocycles. The third kappa shape index (κ3) is 5.15. The fraction of sp³-hybridized carbons (Fsp3) is 0.381. The van der Waals surface area contributed by atoms with E-state index in [0.29, 0.717) is 26.1 Å². The molecular formula is C21H25N3O2. The molecule has 2 amide bonds. The predicted molar refractivity (Wildman–Crippen MR) is 100 cm³/mol. The minimum Gasteiger partial charge on any atom is -0.352 e. The lowest BCUT2D eigenvalue weighted by Gasteiger charge is -2.31. The molecule has 2 heterocycles. The zero-order chi connectivity index (χ0) is 18.2. The third-order valence-electron chi connectivity index (χ3n) is 4.90. The Kier molecular flexibility index (Phi) is 6.36. The quantitative estimate of drug-likeness (QED) is 0.870. The second kappa shape index (κ2) is 9.13. The van der Waals surface area contributed by atoms with Crippen molar-refractivity contribution in [3.63, 3.8) is 0 Å². The predicted octanol–water partition coefficient (Wildman–Crippen LogP) is 2.57. The number of amides is 2. The fourth-order valence-electron chi connectivity index (χ4n) is 3.28. The second-order valence-corrected chi connectivity index (χ2v) is 6.71. The van der Waals surface area contributed by atoms with Crippen molar-refractivity contribution < 1.29 is 9.59 Å². The van der Waals surface area contributed by atoms with Crippen molar-refractivity contribution >= 4 is 11.8 Å². The lowest BCUT2D eigenvalue weighted by Crippen LogP contribution is -2.43. The fourth-order valence-corrected chi connectivity index (χ4v) is 3.28. The molecule has 26 heavy (non-hydrogen) atoms. The standard InChI is InChI=1S/C21H25N3O2/c25-20(7-6-17-8-12-22-13-9-17)24-14-10-19(11-15-24)21(26)23-16-18-4-2-1-3-5-18/h1-5,8-9,12-13,19H,6-7,10-11,14-16H2,(H,23,26). The van der Waals surface area contributed by atoms with Crippen LogP contribution in [0.15, 0.2) is 54.9 Å². The highest BCUT2D eigenvalue weighted by Crippen LogP contribution is 2.18. The Morgan fingerprint density at radius 3 is 2.38 bits per heavy atom. The average Bonchev–Trinajstić information content (AvgIpc) is 2.72. The molecule has 1 N–H and O–H groups in total. The van der Waals surface area contributed by atoms with Crippen LogP contribution >= 0.6 is 0 Å². The molecule has 5 heteroatoms. The van der Waals surface area contributed by atoms with Crippen molar-refractivity contribution in [2.45, 2.75) is 32.2 Å². The first-order valence-electron chi connectivity index (χ1n) is 9.20. The van der Waals surface area contributed by atoms with Gasteiger partial charge in [-0.3, -0.25) is 14.6 Å². The number of nitrogens with zero attached hydrogens (tertiary/aromatic N) is 2. The number of piperidine rings is 1. The van der Waals surface area contributed by atoms with Crippen LogP contribution in [0.3, 0.4) is 0 Å². The van der Waals surface area contributed by atoms with Crippen LogP contribution in [0, 0.1) is 5.92 Å². The highest BCUT2D eigenvalue weighted by molar-refractivity contribution is 5.80. The number of hydrogen-bond donors (Lipinski definition) is 1. The zero-order valence-electron chi connectivity index (χ0n) is 14.9. The maximum absolute atomic E-state index is 12.4. The van der Waals surface area contributed by atoms with Crippen molar-refractivity contribution in [1.29, 1.82) is 0 Å². The van der Waals surface area contributed by atoms with E-state index in [1.807, 2.05) is 47.4 Å². The minimum absolute atomic E-state index is 0.00274. The average molecular weight is 351 g/mol. The lowest BCUT2D eigenvalue weighted by atomic mass is 9.95. The first kappa shape index (κ1) is 18.1. The van der Waals surface area contributed by atoms with E-state index in [-0.39, 0.29) is 17.7 Å². The van der Waals surface area contributed by atoms with Crippen LogP contribution in [0.5, 0.6) is 0 Å². The van der Waals surface area contributed by atoms with E-state index >= 15 is 0 Å². The monoisotopic (exact) mass is 351 g/mol. The maximum atomic E-state index is 12.4. The summed E-state index contributed by atoms with van der Waals surface area (Å²) in [5.41, 5.74) is 2.23. The molecule has 3 rings (SSSR count). The van der Waals surface area contributed by atoms with Gasteiger partial charge in [-0.1, -0.05) is 30.3 Å². The SMILES string of the molecule is O=C(NCc1ccccc1)C1CCN(C(=O)CCc2ccncc2)CC1. The first-order valence-corrected chi connectivity index (χ1v) is 9.20. The van der Waals surface area contributed by atoms with Gasteiger partial charge in [-0.2, -0.15) is 0 Å². The number of aromatic nitrogens is 1. The van der Waals surface area contributed by atoms with Gasteiger partial charge in [0.25, 0.3) is 0 Å². The molecule has 1 saturated heterocycles. The van der Waals surface area contributed by atoms with Crippen molar-refractivity contribution in [3.05, 3.63) is 66.0 Å². The van der Waals surface area contributed by atoms with Gasteiger partial charge in [-0.15, -0.1) is 0 Å². The van der Waals surface area contributed by atoms with Crippen LogP contribution in [-0.4, -0.2) is 34.8 Å². The number of likely N-dealkylation sites (tertiary alicyclic amines) is 1. The molecule has 1 aliphatic heterocycles. The topological polar surface area (TPSA) is 62.3 Å². The largest absolute Gasteiger partial charge is 0.352 e. The second-order valence-electron chi connectivity index (χ2n) is 6.71. The number of pyridine rings is 1. The van der Waals surface area contributed by atoms with Gasteiger partial charge in [-0.05, 0) is 42.5 Å². The summed E-state index contributed by atoms with van der Waals surface area (Å²) < 4.78 is 0. The summed E-state index contributed by atoms with van der Waals surface area (Å²) in [5, 5.41) is 3.01. The van der Waals surface area contributed by atoms with E-state index in [1.54, 1.807) is 12.4 Å². The molecule has 0 aliphatic carbocycles. The summed E-state index contributed by atoms with van der Waals surface area (Å²) in [6.45, 7) is 1.89. The van der Waals surface area contributed by atoms with E-state index in [0.717, 1.165) is 30.4 Å². The Morgan fingerprint density at radius 1 is 1.00 bits per heavy atom. The van der Waals surface area contributed by atoms with Gasteiger partial charge in [0.15, 0.2) is 0 Å². The van der Waals surface area contributed by atoms with E-state index in [1.165, 1.54) is 0 Å². The summed E-state index contributed by atoms with van der Waals surface area (Å²) in [6.07, 6.45) is 6.22. The number of carbonyl (C=O) groups excluding carboxylic acids is 2. The summed E-state index contributed by atoms with van der Waals surface area (Å²) in [6, 6.07) is 13.8. The number of nitrogens with one attached hydrogen (secondary N) is 1. The Bertz CT molecular complexity index is 647. The molecule has 5 nitrogen and oxygen atoms in total. The van der Waals surface area contributed by atoms with E-state index < -0.39 is 0 Å². The highest BCUT2D eigenvalue weighted by atomic mass is 16.2. The first-order chi connectivity index (χ1) is 12.7. The van der Waals surface area contributed by atoms with Crippen molar-refractivity contribution in [2.24, 2.45) is 5.92 Å². The molecule has 1 aromatic carbocycles. The molecule has 0 spiro atoms. The Morgan fingerprint density at radius 2 is 1.69 bits per heavy atom. The normalized spacial score (nSPS) is 14.8. The molecule has 1 fully saturated rings. The summed E-state index contributed by atoms with van der Waals surface area (Å²) in [5.74, 6) is 0.269. The van der Waals surface area contributed by atoms with E-state index in [2.05, 4.69) is 10.3 Å². The van der Waals surface area contributed by atoms with Crippen molar-refractivity contribution in [2.75, 3.05) is 13.1 Å². The lowest BCUT2D eigenvalue weighted by molar-refractivity contribution is -0.135. The summed E-state index contributed by atoms with van der Waals surface area (Å²) in [4.78, 5) is 30.6. The minimum atomic E-state index is 0.00274. The van der Waals surface area contributed by atoms with Gasteiger partial charge < -0.3 is 10.2 Å². The third-order valence-corrected chi connectivity index (χ3v) is 4.90. The van der Waals surface area contributed by atoms with Crippen molar-refractivity contribution in [1.82, 2.24) is 15.2 Å². The molecule has 0 unspecified atom stereocenters. The molecule has 2 aromatic rings. The zero-order valence-corrected chi connectivity index (χ0v) is 14.9. The van der Waals surface area contributed by atoms with Gasteiger partial charge in [0.2, 0.25) is 11.8 Å². The molecule has 0 atom stereocenters. The Labute approximate surface area is 154 Å². The molecule has 136 valence electrons. The van der Waals surface area contributed by atoms with Gasteiger partial charge in [0, 0.05) is 44.4 Å². The number of benzene rings is 1. The van der Waals surface area contributed by atoms with E-state index in [9.17, 15) is 9.59 Å². The highest BCUT2D eigenvalue weighted by Gasteiger charge is 2.26. The van der Waals surface area contributed by atoms with Crippen molar-refractivity contribution in [3.8, 4) is 0 Å². The summed E-state index contributed by atoms with van der Waals surface area (Å²) >= 11 is 0. The molecule has 0 bridgehead atoms. The van der Waals surface area contributed by atoms with Crippen LogP contribution in [0.1, 0.15) is 30.4 Å². The van der Waals surface area contributed by atoms with Crippen LogP contribution in [0.25, 0.3) is 0 Å². The van der Waals surface area contributed by atoms with Gasteiger partial charge in [0.05, 0.1) is 0 Å². The Balaban J connectivity index is 1.39. The Hall–Kier alpha value is -2.69. The van der Waals surface area contributed by atoms with Crippen LogP contribution in [-0.2, 0) is 22.6 Å². The van der Waals surface area contributed by atoms with Crippen LogP contribution in [0.2, 0.25) is 0 Å². The van der Waals surface area contributed by atoms with Gasteiger partial charge in [-0.25, -0.2) is 0 Å². The molecular weight excluding hydrogens is 326 g/mol. The molecule has 1 aliphatic rings.